The van der Waals surface area contributed by atoms with E-state index in [0.717, 1.165) is 11.1 Å². The molecule has 0 saturated heterocycles. The van der Waals surface area contributed by atoms with Gasteiger partial charge in [-0.25, -0.2) is 4.79 Å². The van der Waals surface area contributed by atoms with Crippen LogP contribution in [0.15, 0.2) is 18.2 Å². The predicted octanol–water partition coefficient (Wildman–Crippen LogP) is 1.39. The molecule has 0 spiro atoms. The summed E-state index contributed by atoms with van der Waals surface area (Å²) in [6.07, 6.45) is 0. The number of aryl methyl sites for hydroxylation is 1. The molecule has 1 heterocycles. The van der Waals surface area contributed by atoms with Crippen molar-refractivity contribution in [3.8, 4) is 0 Å². The molecule has 0 aliphatic rings. The highest BCUT2D eigenvalue weighted by Gasteiger charge is 2.16. The standard InChI is InChI=1S/C10H11N3O2/c1-6-3-4-8-9(5-6)12-13(11-8)7(2)10(14)15/h3-5,7H,1-2H3,(H,14,15)/t7-/m1/s1. The summed E-state index contributed by atoms with van der Waals surface area (Å²) in [7, 11) is 0. The van der Waals surface area contributed by atoms with Gasteiger partial charge in [0.1, 0.15) is 11.0 Å². The highest BCUT2D eigenvalue weighted by Crippen LogP contribution is 2.13. The molecule has 1 aromatic heterocycles. The average molecular weight is 205 g/mol. The Hall–Kier alpha value is -1.91. The molecule has 2 aromatic rings. The lowest BCUT2D eigenvalue weighted by Gasteiger charge is -2.02. The molecule has 1 N–H and O–H groups in total. The van der Waals surface area contributed by atoms with Crippen molar-refractivity contribution in [3.05, 3.63) is 23.8 Å². The van der Waals surface area contributed by atoms with Gasteiger partial charge in [-0.2, -0.15) is 15.0 Å². The van der Waals surface area contributed by atoms with Crippen LogP contribution in [-0.2, 0) is 4.79 Å². The zero-order chi connectivity index (χ0) is 11.0. The van der Waals surface area contributed by atoms with Gasteiger partial charge in [-0.3, -0.25) is 0 Å². The van der Waals surface area contributed by atoms with Crippen molar-refractivity contribution < 1.29 is 9.90 Å². The van der Waals surface area contributed by atoms with Gasteiger partial charge < -0.3 is 5.11 Å². The summed E-state index contributed by atoms with van der Waals surface area (Å²) in [6.45, 7) is 3.51. The van der Waals surface area contributed by atoms with Crippen LogP contribution in [-0.4, -0.2) is 26.1 Å². The number of hydrogen-bond donors (Lipinski definition) is 1. The number of carboxylic acid groups (broad SMARTS) is 1. The molecule has 15 heavy (non-hydrogen) atoms. The molecule has 1 atom stereocenters. The third-order valence-corrected chi connectivity index (χ3v) is 2.26. The Morgan fingerprint density at radius 1 is 1.40 bits per heavy atom. The Morgan fingerprint density at radius 2 is 2.07 bits per heavy atom. The van der Waals surface area contributed by atoms with E-state index in [1.807, 2.05) is 25.1 Å². The third-order valence-electron chi connectivity index (χ3n) is 2.26. The fraction of sp³-hybridized carbons (Fsp3) is 0.300. The topological polar surface area (TPSA) is 68.0 Å². The number of nitrogens with zero attached hydrogens (tertiary/aromatic N) is 3. The number of carboxylic acids is 1. The second kappa shape index (κ2) is 3.34. The van der Waals surface area contributed by atoms with E-state index in [0.29, 0.717) is 5.52 Å². The molecular weight excluding hydrogens is 194 g/mol. The summed E-state index contributed by atoms with van der Waals surface area (Å²) in [5, 5.41) is 17.0. The highest BCUT2D eigenvalue weighted by atomic mass is 16.4. The molecule has 5 nitrogen and oxygen atoms in total. The van der Waals surface area contributed by atoms with Crippen molar-refractivity contribution in [1.82, 2.24) is 15.0 Å². The summed E-state index contributed by atoms with van der Waals surface area (Å²) < 4.78 is 0. The molecule has 0 amide bonds. The van der Waals surface area contributed by atoms with Crippen molar-refractivity contribution >= 4 is 17.0 Å². The number of aromatic nitrogens is 3. The summed E-state index contributed by atoms with van der Waals surface area (Å²) >= 11 is 0. The van der Waals surface area contributed by atoms with Crippen LogP contribution in [0.2, 0.25) is 0 Å². The first kappa shape index (κ1) is 9.64. The Labute approximate surface area is 86.3 Å². The Bertz CT molecular complexity index is 518. The van der Waals surface area contributed by atoms with E-state index in [2.05, 4.69) is 10.2 Å². The first-order valence-corrected chi connectivity index (χ1v) is 4.64. The van der Waals surface area contributed by atoms with E-state index < -0.39 is 12.0 Å². The second-order valence-electron chi connectivity index (χ2n) is 3.53. The molecule has 78 valence electrons. The molecule has 0 fully saturated rings. The van der Waals surface area contributed by atoms with Crippen molar-refractivity contribution in [2.24, 2.45) is 0 Å². The van der Waals surface area contributed by atoms with E-state index in [1.54, 1.807) is 6.92 Å². The van der Waals surface area contributed by atoms with Gasteiger partial charge in [-0.15, -0.1) is 0 Å². The number of carbonyl (C=O) groups is 1. The quantitative estimate of drug-likeness (QED) is 0.804. The molecule has 0 saturated carbocycles. The van der Waals surface area contributed by atoms with Gasteiger partial charge in [0.15, 0.2) is 6.04 Å². The number of rotatable bonds is 2. The Balaban J connectivity index is 2.51. The molecule has 0 aliphatic carbocycles. The van der Waals surface area contributed by atoms with Gasteiger partial charge in [0.25, 0.3) is 0 Å². The zero-order valence-electron chi connectivity index (χ0n) is 8.51. The molecular formula is C10H11N3O2. The van der Waals surface area contributed by atoms with Crippen LogP contribution in [0.3, 0.4) is 0 Å². The lowest BCUT2D eigenvalue weighted by atomic mass is 10.2. The number of aliphatic carboxylic acids is 1. The number of hydrogen-bond acceptors (Lipinski definition) is 3. The molecule has 2 rings (SSSR count). The van der Waals surface area contributed by atoms with Gasteiger partial charge in [-0.1, -0.05) is 6.07 Å². The van der Waals surface area contributed by atoms with Crippen LogP contribution >= 0.6 is 0 Å². The molecule has 0 bridgehead atoms. The largest absolute Gasteiger partial charge is 0.480 e. The van der Waals surface area contributed by atoms with Gasteiger partial charge in [0.2, 0.25) is 0 Å². The first-order chi connectivity index (χ1) is 7.08. The first-order valence-electron chi connectivity index (χ1n) is 4.64. The molecule has 0 unspecified atom stereocenters. The van der Waals surface area contributed by atoms with Gasteiger partial charge in [0.05, 0.1) is 0 Å². The monoisotopic (exact) mass is 205 g/mol. The van der Waals surface area contributed by atoms with E-state index in [4.69, 9.17) is 5.11 Å². The van der Waals surface area contributed by atoms with Gasteiger partial charge >= 0.3 is 5.97 Å². The van der Waals surface area contributed by atoms with Crippen LogP contribution in [0, 0.1) is 6.92 Å². The number of fused-ring (bicyclic) bond motifs is 1. The van der Waals surface area contributed by atoms with E-state index >= 15 is 0 Å². The maximum absolute atomic E-state index is 10.7. The van der Waals surface area contributed by atoms with Gasteiger partial charge in [0, 0.05) is 0 Å². The molecule has 1 aromatic carbocycles. The minimum atomic E-state index is -0.938. The van der Waals surface area contributed by atoms with E-state index in [9.17, 15) is 4.79 Å². The molecule has 5 heteroatoms. The van der Waals surface area contributed by atoms with Crippen molar-refractivity contribution in [2.45, 2.75) is 19.9 Å². The maximum Gasteiger partial charge on any atom is 0.330 e. The van der Waals surface area contributed by atoms with Crippen LogP contribution < -0.4 is 0 Å². The Kier molecular flexibility index (Phi) is 2.15. The molecule has 0 radical (unpaired) electrons. The second-order valence-corrected chi connectivity index (χ2v) is 3.53. The lowest BCUT2D eigenvalue weighted by Crippen LogP contribution is -2.17. The fourth-order valence-electron chi connectivity index (χ4n) is 1.31. The normalized spacial score (nSPS) is 12.9. The van der Waals surface area contributed by atoms with Crippen molar-refractivity contribution in [2.75, 3.05) is 0 Å². The summed E-state index contributed by atoms with van der Waals surface area (Å²) in [6, 6.07) is 4.90. The van der Waals surface area contributed by atoms with Crippen LogP contribution in [0.1, 0.15) is 18.5 Å². The van der Waals surface area contributed by atoms with Crippen LogP contribution in [0.5, 0.6) is 0 Å². The van der Waals surface area contributed by atoms with Crippen LogP contribution in [0.4, 0.5) is 0 Å². The predicted molar refractivity (Wildman–Crippen MR) is 54.6 cm³/mol. The Morgan fingerprint density at radius 3 is 2.73 bits per heavy atom. The fourth-order valence-corrected chi connectivity index (χ4v) is 1.31. The zero-order valence-corrected chi connectivity index (χ0v) is 8.51. The van der Waals surface area contributed by atoms with Crippen molar-refractivity contribution in [1.29, 1.82) is 0 Å². The van der Waals surface area contributed by atoms with Crippen molar-refractivity contribution in [3.63, 3.8) is 0 Å². The van der Waals surface area contributed by atoms with Gasteiger partial charge in [-0.05, 0) is 31.5 Å². The van der Waals surface area contributed by atoms with E-state index in [-0.39, 0.29) is 0 Å². The minimum Gasteiger partial charge on any atom is -0.480 e. The minimum absolute atomic E-state index is 0.716. The lowest BCUT2D eigenvalue weighted by molar-refractivity contribution is -0.140. The number of benzene rings is 1. The summed E-state index contributed by atoms with van der Waals surface area (Å²) in [4.78, 5) is 12.0. The summed E-state index contributed by atoms with van der Waals surface area (Å²) in [5.41, 5.74) is 2.52. The summed E-state index contributed by atoms with van der Waals surface area (Å²) in [5.74, 6) is -0.938. The maximum atomic E-state index is 10.7. The van der Waals surface area contributed by atoms with E-state index in [1.165, 1.54) is 4.80 Å². The average Bonchev–Trinajstić information content (AvgIpc) is 2.58. The third kappa shape index (κ3) is 1.68. The van der Waals surface area contributed by atoms with Crippen LogP contribution in [0.25, 0.3) is 11.0 Å². The smallest absolute Gasteiger partial charge is 0.330 e. The highest BCUT2D eigenvalue weighted by molar-refractivity contribution is 5.75. The SMILES string of the molecule is Cc1ccc2nn([C@H](C)C(=O)O)nc2c1. The molecule has 0 aliphatic heterocycles.